The Morgan fingerprint density at radius 1 is 0.875 bits per heavy atom. The van der Waals surface area contributed by atoms with Gasteiger partial charge in [-0.3, -0.25) is 0 Å². The van der Waals surface area contributed by atoms with Crippen molar-refractivity contribution < 1.29 is 25.5 Å². The van der Waals surface area contributed by atoms with E-state index in [-0.39, 0.29) is 0 Å². The third kappa shape index (κ3) is 1.73. The van der Waals surface area contributed by atoms with Crippen molar-refractivity contribution >= 4 is 0 Å². The second kappa shape index (κ2) is 1.64. The fraction of sp³-hybridized carbons (Fsp3) is 1.00. The number of aliphatic hydroxyl groups is 5. The summed E-state index contributed by atoms with van der Waals surface area (Å²) >= 11 is 0. The van der Waals surface area contributed by atoms with Crippen LogP contribution in [0.5, 0.6) is 0 Å². The lowest BCUT2D eigenvalue weighted by Crippen LogP contribution is -2.51. The van der Waals surface area contributed by atoms with Crippen LogP contribution in [0, 0.1) is 0 Å². The van der Waals surface area contributed by atoms with Crippen LogP contribution in [-0.2, 0) is 0 Å². The molecule has 0 atom stereocenters. The van der Waals surface area contributed by atoms with Crippen molar-refractivity contribution in [3.63, 3.8) is 0 Å². The van der Waals surface area contributed by atoms with Crippen LogP contribution in [0.4, 0.5) is 0 Å². The molecule has 50 valence electrons. The predicted molar refractivity (Wildman–Crippen MR) is 22.2 cm³/mol. The molecule has 0 aromatic rings. The number of hydrogen-bond acceptors (Lipinski definition) is 5. The Hall–Kier alpha value is -0.200. The maximum atomic E-state index is 8.16. The first-order valence-electron chi connectivity index (χ1n) is 1.87. The normalized spacial score (nSPS) is 14.2. The Balaban J connectivity index is 4.02. The minimum absolute atomic E-state index is 0.632. The van der Waals surface area contributed by atoms with Gasteiger partial charge in [0.05, 0.1) is 0 Å². The van der Waals surface area contributed by atoms with Crippen LogP contribution in [0.15, 0.2) is 0 Å². The van der Waals surface area contributed by atoms with Crippen LogP contribution in [0.25, 0.3) is 0 Å². The van der Waals surface area contributed by atoms with E-state index in [9.17, 15) is 0 Å². The van der Waals surface area contributed by atoms with Gasteiger partial charge < -0.3 is 25.5 Å². The monoisotopic (exact) mass is 124 g/mol. The summed E-state index contributed by atoms with van der Waals surface area (Å²) in [5.74, 6) is -6.35. The van der Waals surface area contributed by atoms with Gasteiger partial charge in [0.15, 0.2) is 0 Å². The quantitative estimate of drug-likeness (QED) is 0.245. The van der Waals surface area contributed by atoms with Crippen LogP contribution < -0.4 is 0 Å². The molecule has 0 spiro atoms. The smallest absolute Gasteiger partial charge is 0.332 e. The highest BCUT2D eigenvalue weighted by molar-refractivity contribution is 4.63. The third-order valence-corrected chi connectivity index (χ3v) is 0.635. The molecule has 0 heterocycles. The minimum Gasteiger partial charge on any atom is -0.360 e. The average Bonchev–Trinajstić information content (AvgIpc) is 1.25. The molecule has 0 bridgehead atoms. The zero-order valence-corrected chi connectivity index (χ0v) is 4.24. The second-order valence-corrected chi connectivity index (χ2v) is 1.66. The van der Waals surface area contributed by atoms with E-state index in [1.807, 2.05) is 0 Å². The van der Waals surface area contributed by atoms with Crippen LogP contribution in [0.1, 0.15) is 6.92 Å². The van der Waals surface area contributed by atoms with Crippen molar-refractivity contribution in [2.45, 2.75) is 18.7 Å². The van der Waals surface area contributed by atoms with Gasteiger partial charge in [-0.25, -0.2) is 0 Å². The van der Waals surface area contributed by atoms with Crippen LogP contribution in [-0.4, -0.2) is 37.3 Å². The summed E-state index contributed by atoms with van der Waals surface area (Å²) in [6.07, 6.45) is 0. The first-order chi connectivity index (χ1) is 3.25. The molecule has 0 saturated heterocycles. The van der Waals surface area contributed by atoms with Crippen molar-refractivity contribution in [1.82, 2.24) is 0 Å². The van der Waals surface area contributed by atoms with Gasteiger partial charge >= 0.3 is 5.97 Å². The summed E-state index contributed by atoms with van der Waals surface area (Å²) < 4.78 is 0. The van der Waals surface area contributed by atoms with E-state index in [4.69, 9.17) is 25.5 Å². The van der Waals surface area contributed by atoms with Gasteiger partial charge in [-0.2, -0.15) is 0 Å². The summed E-state index contributed by atoms with van der Waals surface area (Å²) in [4.78, 5) is 0. The molecular weight excluding hydrogens is 116 g/mol. The van der Waals surface area contributed by atoms with Crippen molar-refractivity contribution in [2.24, 2.45) is 0 Å². The molecule has 8 heavy (non-hydrogen) atoms. The molecule has 0 aromatic heterocycles. The Bertz CT molecular complexity index is 62.7. The summed E-state index contributed by atoms with van der Waals surface area (Å²) in [5, 5.41) is 40.2. The molecule has 5 N–H and O–H groups in total. The zero-order chi connectivity index (χ0) is 7.00. The van der Waals surface area contributed by atoms with Crippen molar-refractivity contribution in [1.29, 1.82) is 0 Å². The first kappa shape index (κ1) is 7.80. The highest BCUT2D eigenvalue weighted by Crippen LogP contribution is 2.10. The molecule has 5 nitrogen and oxygen atoms in total. The summed E-state index contributed by atoms with van der Waals surface area (Å²) in [7, 11) is 0. The number of rotatable bonds is 1. The predicted octanol–water partition coefficient (Wildman–Crippen LogP) is -2.68. The molecule has 5 heteroatoms. The maximum absolute atomic E-state index is 8.16. The highest BCUT2D eigenvalue weighted by Gasteiger charge is 2.41. The van der Waals surface area contributed by atoms with Crippen molar-refractivity contribution in [2.75, 3.05) is 0 Å². The number of hydrogen-bond donors (Lipinski definition) is 5. The van der Waals surface area contributed by atoms with Gasteiger partial charge in [0.2, 0.25) is 5.79 Å². The molecular formula is C3H8O5. The zero-order valence-electron chi connectivity index (χ0n) is 4.24. The standard InChI is InChI=1S/C3H8O5/c1-2(4,5)3(6,7)8/h4-8H,1H3. The molecule has 0 rings (SSSR count). The Morgan fingerprint density at radius 2 is 1.00 bits per heavy atom. The maximum Gasteiger partial charge on any atom is 0.332 e. The van der Waals surface area contributed by atoms with Crippen LogP contribution >= 0.6 is 0 Å². The lowest BCUT2D eigenvalue weighted by atomic mass is 10.3. The van der Waals surface area contributed by atoms with Gasteiger partial charge in [0.1, 0.15) is 0 Å². The Morgan fingerprint density at radius 3 is 1.00 bits per heavy atom. The fourth-order valence-corrected chi connectivity index (χ4v) is 0. The highest BCUT2D eigenvalue weighted by atomic mass is 16.7. The third-order valence-electron chi connectivity index (χ3n) is 0.635. The van der Waals surface area contributed by atoms with E-state index in [1.165, 1.54) is 0 Å². The van der Waals surface area contributed by atoms with E-state index in [0.717, 1.165) is 0 Å². The Labute approximate surface area is 45.4 Å². The van der Waals surface area contributed by atoms with Gasteiger partial charge in [-0.1, -0.05) is 0 Å². The van der Waals surface area contributed by atoms with Gasteiger partial charge in [-0.05, 0) is 6.92 Å². The average molecular weight is 124 g/mol. The molecule has 0 saturated carbocycles. The summed E-state index contributed by atoms with van der Waals surface area (Å²) in [6.45, 7) is 0.632. The molecule has 0 radical (unpaired) electrons. The SMILES string of the molecule is CC(O)(O)C(O)(O)O. The summed E-state index contributed by atoms with van der Waals surface area (Å²) in [6, 6.07) is 0. The topological polar surface area (TPSA) is 101 Å². The largest absolute Gasteiger partial charge is 0.360 e. The minimum atomic E-state index is -3.45. The molecule has 0 aliphatic carbocycles. The fourth-order valence-electron chi connectivity index (χ4n) is 0. The van der Waals surface area contributed by atoms with Gasteiger partial charge in [-0.15, -0.1) is 0 Å². The lowest BCUT2D eigenvalue weighted by molar-refractivity contribution is -0.440. The second-order valence-electron chi connectivity index (χ2n) is 1.66. The van der Waals surface area contributed by atoms with E-state index in [0.29, 0.717) is 6.92 Å². The van der Waals surface area contributed by atoms with E-state index in [2.05, 4.69) is 0 Å². The lowest BCUT2D eigenvalue weighted by Gasteiger charge is -2.25. The molecule has 0 aromatic carbocycles. The van der Waals surface area contributed by atoms with Crippen LogP contribution in [0.3, 0.4) is 0 Å². The van der Waals surface area contributed by atoms with Crippen molar-refractivity contribution in [3.05, 3.63) is 0 Å². The van der Waals surface area contributed by atoms with E-state index >= 15 is 0 Å². The van der Waals surface area contributed by atoms with Gasteiger partial charge in [0, 0.05) is 0 Å². The Kier molecular flexibility index (Phi) is 1.60. The van der Waals surface area contributed by atoms with E-state index in [1.54, 1.807) is 0 Å². The van der Waals surface area contributed by atoms with E-state index < -0.39 is 11.8 Å². The molecule has 0 fully saturated rings. The molecule has 0 aliphatic heterocycles. The summed E-state index contributed by atoms with van der Waals surface area (Å²) in [5.41, 5.74) is 0. The molecule has 0 aliphatic rings. The molecule has 0 unspecified atom stereocenters. The first-order valence-corrected chi connectivity index (χ1v) is 1.87. The van der Waals surface area contributed by atoms with Crippen molar-refractivity contribution in [3.8, 4) is 0 Å². The van der Waals surface area contributed by atoms with Crippen LogP contribution in [0.2, 0.25) is 0 Å². The molecule has 0 amide bonds. The van der Waals surface area contributed by atoms with Gasteiger partial charge in [0.25, 0.3) is 0 Å².